The maximum Gasteiger partial charge on any atom is 0.193 e. The van der Waals surface area contributed by atoms with E-state index in [0.29, 0.717) is 12.5 Å². The van der Waals surface area contributed by atoms with Gasteiger partial charge in [0.05, 0.1) is 0 Å². The Morgan fingerprint density at radius 3 is 2.54 bits per heavy atom. The molecule has 3 rings (SSSR count). The molecule has 0 aliphatic rings. The number of rotatable bonds is 4. The van der Waals surface area contributed by atoms with Gasteiger partial charge in [0.2, 0.25) is 0 Å². The third-order valence-electron chi connectivity index (χ3n) is 4.08. The molecule has 0 spiro atoms. The lowest BCUT2D eigenvalue weighted by atomic mass is 10.1. The second-order valence-electron chi connectivity index (χ2n) is 6.38. The van der Waals surface area contributed by atoms with E-state index in [9.17, 15) is 0 Å². The van der Waals surface area contributed by atoms with Crippen molar-refractivity contribution in [1.82, 2.24) is 4.98 Å². The molecule has 1 aromatic heterocycles. The molecule has 24 heavy (non-hydrogen) atoms. The van der Waals surface area contributed by atoms with Crippen molar-refractivity contribution in [2.75, 3.05) is 11.9 Å². The Labute approximate surface area is 142 Å². The number of hydrogen-bond acceptors (Lipinski definition) is 1. The van der Waals surface area contributed by atoms with Crippen LogP contribution in [0.15, 0.2) is 47.6 Å². The molecule has 0 unspecified atom stereocenters. The Morgan fingerprint density at radius 1 is 1.04 bits per heavy atom. The van der Waals surface area contributed by atoms with Crippen LogP contribution in [0.1, 0.15) is 22.3 Å². The summed E-state index contributed by atoms with van der Waals surface area (Å²) in [5, 5.41) is 4.43. The summed E-state index contributed by atoms with van der Waals surface area (Å²) in [7, 11) is 0. The van der Waals surface area contributed by atoms with Crippen LogP contribution in [-0.2, 0) is 6.42 Å². The summed E-state index contributed by atoms with van der Waals surface area (Å²) >= 11 is 0. The van der Waals surface area contributed by atoms with E-state index in [0.717, 1.165) is 12.1 Å². The number of aryl methyl sites for hydroxylation is 3. The summed E-state index contributed by atoms with van der Waals surface area (Å²) in [6.45, 7) is 6.91. The number of nitrogens with two attached hydrogens (primary N) is 1. The number of aromatic nitrogens is 1. The molecule has 0 aliphatic heterocycles. The highest BCUT2D eigenvalue weighted by atomic mass is 15.1. The molecule has 0 fully saturated rings. The van der Waals surface area contributed by atoms with Crippen LogP contribution in [0.2, 0.25) is 0 Å². The molecule has 4 heteroatoms. The lowest BCUT2D eigenvalue weighted by Gasteiger charge is -2.08. The van der Waals surface area contributed by atoms with E-state index in [1.807, 2.05) is 0 Å². The van der Waals surface area contributed by atoms with Crippen molar-refractivity contribution in [3.63, 3.8) is 0 Å². The van der Waals surface area contributed by atoms with Gasteiger partial charge in [-0.3, -0.25) is 4.99 Å². The quantitative estimate of drug-likeness (QED) is 0.501. The number of aromatic amines is 1. The molecule has 124 valence electrons. The zero-order valence-corrected chi connectivity index (χ0v) is 14.5. The molecule has 2 aromatic carbocycles. The molecule has 0 saturated carbocycles. The summed E-state index contributed by atoms with van der Waals surface area (Å²) < 4.78 is 0. The van der Waals surface area contributed by atoms with E-state index in [1.165, 1.54) is 33.2 Å². The molecule has 4 N–H and O–H groups in total. The van der Waals surface area contributed by atoms with Crippen molar-refractivity contribution >= 4 is 22.5 Å². The van der Waals surface area contributed by atoms with Gasteiger partial charge < -0.3 is 16.0 Å². The van der Waals surface area contributed by atoms with Crippen molar-refractivity contribution in [2.24, 2.45) is 10.7 Å². The van der Waals surface area contributed by atoms with E-state index < -0.39 is 0 Å². The number of hydrogen-bond donors (Lipinski definition) is 3. The van der Waals surface area contributed by atoms with Gasteiger partial charge in [-0.2, -0.15) is 0 Å². The fourth-order valence-electron chi connectivity index (χ4n) is 3.04. The molecule has 0 atom stereocenters. The Bertz CT molecular complexity index is 870. The van der Waals surface area contributed by atoms with Crippen molar-refractivity contribution in [2.45, 2.75) is 27.2 Å². The first-order chi connectivity index (χ1) is 11.5. The number of benzene rings is 2. The first kappa shape index (κ1) is 16.1. The van der Waals surface area contributed by atoms with Crippen LogP contribution in [0.5, 0.6) is 0 Å². The number of anilines is 1. The highest BCUT2D eigenvalue weighted by Crippen LogP contribution is 2.20. The summed E-state index contributed by atoms with van der Waals surface area (Å²) in [4.78, 5) is 7.77. The van der Waals surface area contributed by atoms with Crippen LogP contribution in [0.4, 0.5) is 5.69 Å². The molecule has 0 saturated heterocycles. The Balaban J connectivity index is 1.64. The zero-order chi connectivity index (χ0) is 17.1. The number of nitrogens with one attached hydrogen (secondary N) is 2. The van der Waals surface area contributed by atoms with Crippen LogP contribution >= 0.6 is 0 Å². The predicted octanol–water partition coefficient (Wildman–Crippen LogP) is 4.06. The van der Waals surface area contributed by atoms with Gasteiger partial charge in [-0.05, 0) is 67.6 Å². The Morgan fingerprint density at radius 2 is 1.79 bits per heavy atom. The van der Waals surface area contributed by atoms with Gasteiger partial charge in [0, 0.05) is 29.3 Å². The number of aliphatic imine (C=N–C) groups is 1. The smallest absolute Gasteiger partial charge is 0.193 e. The Hall–Kier alpha value is -2.75. The highest BCUT2D eigenvalue weighted by Gasteiger charge is 2.03. The van der Waals surface area contributed by atoms with Crippen LogP contribution in [0, 0.1) is 20.8 Å². The number of nitrogens with zero attached hydrogens (tertiary/aromatic N) is 1. The van der Waals surface area contributed by atoms with E-state index in [-0.39, 0.29) is 0 Å². The number of guanidine groups is 1. The van der Waals surface area contributed by atoms with Crippen LogP contribution in [-0.4, -0.2) is 17.5 Å². The van der Waals surface area contributed by atoms with Crippen molar-refractivity contribution in [3.8, 4) is 0 Å². The maximum atomic E-state index is 6.01. The molecule has 0 radical (unpaired) electrons. The van der Waals surface area contributed by atoms with Crippen LogP contribution in [0.3, 0.4) is 0 Å². The van der Waals surface area contributed by atoms with Gasteiger partial charge in [-0.1, -0.05) is 18.2 Å². The third kappa shape index (κ3) is 3.77. The minimum Gasteiger partial charge on any atom is -0.370 e. The van der Waals surface area contributed by atoms with Crippen molar-refractivity contribution in [3.05, 3.63) is 64.8 Å². The SMILES string of the molecule is Cc1cc(C)cc(NC(N)=NCCc2c[nH]c3cc(C)ccc23)c1. The monoisotopic (exact) mass is 320 g/mol. The van der Waals surface area contributed by atoms with Crippen molar-refractivity contribution < 1.29 is 0 Å². The summed E-state index contributed by atoms with van der Waals surface area (Å²) in [6, 6.07) is 12.7. The first-order valence-electron chi connectivity index (χ1n) is 8.23. The zero-order valence-electron chi connectivity index (χ0n) is 14.5. The van der Waals surface area contributed by atoms with Gasteiger partial charge in [0.15, 0.2) is 5.96 Å². The molecule has 0 amide bonds. The van der Waals surface area contributed by atoms with Gasteiger partial charge in [0.1, 0.15) is 0 Å². The molecular weight excluding hydrogens is 296 g/mol. The second-order valence-corrected chi connectivity index (χ2v) is 6.38. The van der Waals surface area contributed by atoms with Crippen molar-refractivity contribution in [1.29, 1.82) is 0 Å². The first-order valence-corrected chi connectivity index (χ1v) is 8.23. The minimum atomic E-state index is 0.454. The lowest BCUT2D eigenvalue weighted by molar-refractivity contribution is 0.972. The molecule has 4 nitrogen and oxygen atoms in total. The molecule has 0 bridgehead atoms. The van der Waals surface area contributed by atoms with Crippen LogP contribution in [0.25, 0.3) is 10.9 Å². The maximum absolute atomic E-state index is 6.01. The minimum absolute atomic E-state index is 0.454. The summed E-state index contributed by atoms with van der Waals surface area (Å²) in [5.74, 6) is 0.454. The van der Waals surface area contributed by atoms with E-state index in [2.05, 4.69) is 78.7 Å². The Kier molecular flexibility index (Phi) is 4.56. The third-order valence-corrected chi connectivity index (χ3v) is 4.08. The molecular formula is C20H24N4. The molecule has 1 heterocycles. The fourth-order valence-corrected chi connectivity index (χ4v) is 3.04. The van der Waals surface area contributed by atoms with Gasteiger partial charge in [-0.15, -0.1) is 0 Å². The second kappa shape index (κ2) is 6.79. The van der Waals surface area contributed by atoms with Gasteiger partial charge in [-0.25, -0.2) is 0 Å². The van der Waals surface area contributed by atoms with Gasteiger partial charge in [0.25, 0.3) is 0 Å². The summed E-state index contributed by atoms with van der Waals surface area (Å²) in [6.07, 6.45) is 2.92. The average molecular weight is 320 g/mol. The molecule has 3 aromatic rings. The highest BCUT2D eigenvalue weighted by molar-refractivity contribution is 5.92. The number of fused-ring (bicyclic) bond motifs is 1. The van der Waals surface area contributed by atoms with E-state index in [1.54, 1.807) is 0 Å². The molecule has 0 aliphatic carbocycles. The summed E-state index contributed by atoms with van der Waals surface area (Å²) in [5.41, 5.74) is 13.1. The lowest BCUT2D eigenvalue weighted by Crippen LogP contribution is -2.23. The normalized spacial score (nSPS) is 11.9. The van der Waals surface area contributed by atoms with Gasteiger partial charge >= 0.3 is 0 Å². The predicted molar refractivity (Wildman–Crippen MR) is 103 cm³/mol. The average Bonchev–Trinajstić information content (AvgIpc) is 2.88. The van der Waals surface area contributed by atoms with E-state index in [4.69, 9.17) is 5.73 Å². The standard InChI is InChI=1S/C20H24N4/c1-13-4-5-18-16(12-23-19(18)11-13)6-7-22-20(21)24-17-9-14(2)8-15(3)10-17/h4-5,8-12,23H,6-7H2,1-3H3,(H3,21,22,24). The van der Waals surface area contributed by atoms with Crippen LogP contribution < -0.4 is 11.1 Å². The largest absolute Gasteiger partial charge is 0.370 e. The number of H-pyrrole nitrogens is 1. The fraction of sp³-hybridized carbons (Fsp3) is 0.250. The van der Waals surface area contributed by atoms with E-state index >= 15 is 0 Å². The topological polar surface area (TPSA) is 66.2 Å².